The van der Waals surface area contributed by atoms with E-state index in [0.717, 1.165) is 18.4 Å². The number of aryl methyl sites for hydroxylation is 1. The van der Waals surface area contributed by atoms with E-state index in [4.69, 9.17) is 14.6 Å². The maximum Gasteiger partial charge on any atom is 0.407 e. The highest BCUT2D eigenvalue weighted by Crippen LogP contribution is 2.44. The van der Waals surface area contributed by atoms with Crippen LogP contribution in [0, 0.1) is 0 Å². The lowest BCUT2D eigenvalue weighted by Crippen LogP contribution is -2.27. The van der Waals surface area contributed by atoms with Gasteiger partial charge < -0.3 is 19.9 Å². The maximum atomic E-state index is 12.2. The minimum atomic E-state index is -1.01. The number of carbonyl (C=O) groups excluding carboxylic acids is 1. The van der Waals surface area contributed by atoms with Gasteiger partial charge in [-0.2, -0.15) is 0 Å². The van der Waals surface area contributed by atoms with Crippen molar-refractivity contribution in [1.82, 2.24) is 5.32 Å². The van der Waals surface area contributed by atoms with E-state index in [1.165, 1.54) is 22.3 Å². The predicted molar refractivity (Wildman–Crippen MR) is 121 cm³/mol. The zero-order valence-electron chi connectivity index (χ0n) is 17.6. The van der Waals surface area contributed by atoms with Gasteiger partial charge in [0.2, 0.25) is 0 Å². The molecule has 0 radical (unpaired) electrons. The standard InChI is InChI=1S/C26H25NO5/c28-25(29)17-31-19-13-11-18(12-14-19)6-5-15-27-26(30)32-16-24-22-9-3-1-7-20(22)21-8-2-4-10-23(21)24/h1-4,7-14,24H,5-6,15-17H2,(H,27,30)(H,28,29). The van der Waals surface area contributed by atoms with Crippen LogP contribution >= 0.6 is 0 Å². The second-order valence-corrected chi connectivity index (χ2v) is 7.68. The lowest BCUT2D eigenvalue weighted by molar-refractivity contribution is -0.139. The van der Waals surface area contributed by atoms with Gasteiger partial charge in [0.05, 0.1) is 0 Å². The van der Waals surface area contributed by atoms with Crippen LogP contribution in [0.25, 0.3) is 11.1 Å². The zero-order chi connectivity index (χ0) is 22.3. The average Bonchev–Trinajstić information content (AvgIpc) is 3.13. The molecule has 1 aliphatic carbocycles. The van der Waals surface area contributed by atoms with E-state index < -0.39 is 12.1 Å². The Morgan fingerprint density at radius 1 is 0.875 bits per heavy atom. The van der Waals surface area contributed by atoms with Crippen molar-refractivity contribution in [3.8, 4) is 16.9 Å². The van der Waals surface area contributed by atoms with Crippen LogP contribution in [-0.2, 0) is 16.0 Å². The highest BCUT2D eigenvalue weighted by atomic mass is 16.5. The van der Waals surface area contributed by atoms with E-state index in [0.29, 0.717) is 18.9 Å². The van der Waals surface area contributed by atoms with E-state index in [-0.39, 0.29) is 12.5 Å². The smallest absolute Gasteiger partial charge is 0.407 e. The fraction of sp³-hybridized carbons (Fsp3) is 0.231. The Morgan fingerprint density at radius 2 is 1.50 bits per heavy atom. The minimum absolute atomic E-state index is 0.0509. The van der Waals surface area contributed by atoms with Crippen molar-refractivity contribution in [2.75, 3.05) is 19.8 Å². The number of carboxylic acid groups (broad SMARTS) is 1. The van der Waals surface area contributed by atoms with Gasteiger partial charge in [-0.1, -0.05) is 60.7 Å². The zero-order valence-corrected chi connectivity index (χ0v) is 17.6. The van der Waals surface area contributed by atoms with Gasteiger partial charge in [0, 0.05) is 12.5 Å². The summed E-state index contributed by atoms with van der Waals surface area (Å²) in [5.41, 5.74) is 5.88. The van der Waals surface area contributed by atoms with Gasteiger partial charge in [-0.05, 0) is 52.8 Å². The van der Waals surface area contributed by atoms with Gasteiger partial charge in [0.25, 0.3) is 0 Å². The number of fused-ring (bicyclic) bond motifs is 3. The fourth-order valence-corrected chi connectivity index (χ4v) is 4.03. The van der Waals surface area contributed by atoms with Crippen LogP contribution in [0.2, 0.25) is 0 Å². The lowest BCUT2D eigenvalue weighted by atomic mass is 9.98. The summed E-state index contributed by atoms with van der Waals surface area (Å²) in [6.45, 7) is 0.453. The average molecular weight is 431 g/mol. The van der Waals surface area contributed by atoms with Gasteiger partial charge in [-0.15, -0.1) is 0 Å². The summed E-state index contributed by atoms with van der Waals surface area (Å²) in [5.74, 6) is -0.434. The number of alkyl carbamates (subject to hydrolysis) is 1. The van der Waals surface area contributed by atoms with Crippen LogP contribution in [0.15, 0.2) is 72.8 Å². The molecule has 0 aromatic heterocycles. The monoisotopic (exact) mass is 431 g/mol. The summed E-state index contributed by atoms with van der Waals surface area (Å²) in [4.78, 5) is 22.7. The molecule has 6 heteroatoms. The summed E-state index contributed by atoms with van der Waals surface area (Å²) < 4.78 is 10.7. The molecule has 0 saturated carbocycles. The molecular weight excluding hydrogens is 406 g/mol. The summed E-state index contributed by atoms with van der Waals surface area (Å²) in [6, 6.07) is 23.8. The van der Waals surface area contributed by atoms with Crippen molar-refractivity contribution >= 4 is 12.1 Å². The molecule has 3 aromatic carbocycles. The highest BCUT2D eigenvalue weighted by Gasteiger charge is 2.28. The molecule has 1 aliphatic rings. The van der Waals surface area contributed by atoms with Gasteiger partial charge in [-0.25, -0.2) is 9.59 Å². The Bertz CT molecular complexity index is 1050. The van der Waals surface area contributed by atoms with Crippen molar-refractivity contribution in [1.29, 1.82) is 0 Å². The molecule has 0 atom stereocenters. The molecular formula is C26H25NO5. The van der Waals surface area contributed by atoms with Crippen molar-refractivity contribution in [3.05, 3.63) is 89.5 Å². The number of nitrogens with one attached hydrogen (secondary N) is 1. The topological polar surface area (TPSA) is 84.9 Å². The Morgan fingerprint density at radius 3 is 2.12 bits per heavy atom. The number of carboxylic acids is 1. The van der Waals surface area contributed by atoms with Crippen LogP contribution in [0.3, 0.4) is 0 Å². The Hall–Kier alpha value is -3.80. The first-order valence-corrected chi connectivity index (χ1v) is 10.6. The van der Waals surface area contributed by atoms with Crippen LogP contribution in [0.1, 0.15) is 29.0 Å². The van der Waals surface area contributed by atoms with E-state index in [1.54, 1.807) is 12.1 Å². The Balaban J connectivity index is 1.21. The van der Waals surface area contributed by atoms with E-state index in [1.807, 2.05) is 36.4 Å². The number of hydrogen-bond donors (Lipinski definition) is 2. The summed E-state index contributed by atoms with van der Waals surface area (Å²) in [6.07, 6.45) is 1.13. The molecule has 3 aromatic rings. The quantitative estimate of drug-likeness (QED) is 0.483. The van der Waals surface area contributed by atoms with Crippen molar-refractivity contribution in [2.24, 2.45) is 0 Å². The highest BCUT2D eigenvalue weighted by molar-refractivity contribution is 5.79. The molecule has 0 spiro atoms. The number of aliphatic carboxylic acids is 1. The lowest BCUT2D eigenvalue weighted by Gasteiger charge is -2.14. The van der Waals surface area contributed by atoms with Crippen LogP contribution in [0.5, 0.6) is 5.75 Å². The fourth-order valence-electron chi connectivity index (χ4n) is 4.03. The summed E-state index contributed by atoms with van der Waals surface area (Å²) >= 11 is 0. The molecule has 1 amide bonds. The molecule has 164 valence electrons. The second kappa shape index (κ2) is 10.0. The molecule has 0 fully saturated rings. The van der Waals surface area contributed by atoms with E-state index in [9.17, 15) is 9.59 Å². The second-order valence-electron chi connectivity index (χ2n) is 7.68. The van der Waals surface area contributed by atoms with E-state index in [2.05, 4.69) is 29.6 Å². The largest absolute Gasteiger partial charge is 0.482 e. The molecule has 2 N–H and O–H groups in total. The third-order valence-corrected chi connectivity index (χ3v) is 5.54. The summed E-state index contributed by atoms with van der Waals surface area (Å²) in [7, 11) is 0. The molecule has 0 saturated heterocycles. The third-order valence-electron chi connectivity index (χ3n) is 5.54. The first-order chi connectivity index (χ1) is 15.6. The van der Waals surface area contributed by atoms with Crippen molar-refractivity contribution < 1.29 is 24.2 Å². The number of carbonyl (C=O) groups is 2. The predicted octanol–water partition coefficient (Wildman–Crippen LogP) is 4.62. The number of hydrogen-bond acceptors (Lipinski definition) is 4. The number of benzene rings is 3. The minimum Gasteiger partial charge on any atom is -0.482 e. The number of ether oxygens (including phenoxy) is 2. The van der Waals surface area contributed by atoms with Crippen LogP contribution < -0.4 is 10.1 Å². The van der Waals surface area contributed by atoms with Gasteiger partial charge in [-0.3, -0.25) is 0 Å². The van der Waals surface area contributed by atoms with Gasteiger partial charge in [0.1, 0.15) is 12.4 Å². The Labute approximate surface area is 186 Å². The molecule has 32 heavy (non-hydrogen) atoms. The van der Waals surface area contributed by atoms with Crippen molar-refractivity contribution in [3.63, 3.8) is 0 Å². The molecule has 0 aliphatic heterocycles. The van der Waals surface area contributed by atoms with Crippen molar-refractivity contribution in [2.45, 2.75) is 18.8 Å². The normalized spacial score (nSPS) is 12.0. The number of rotatable bonds is 9. The first kappa shape index (κ1) is 21.4. The van der Waals surface area contributed by atoms with Crippen LogP contribution in [-0.4, -0.2) is 36.9 Å². The molecule has 0 bridgehead atoms. The third kappa shape index (κ3) is 5.09. The van der Waals surface area contributed by atoms with Crippen LogP contribution in [0.4, 0.5) is 4.79 Å². The Kier molecular flexibility index (Phi) is 6.70. The maximum absolute atomic E-state index is 12.2. The first-order valence-electron chi connectivity index (χ1n) is 10.6. The van der Waals surface area contributed by atoms with E-state index >= 15 is 0 Å². The molecule has 6 nitrogen and oxygen atoms in total. The molecule has 0 unspecified atom stereocenters. The summed E-state index contributed by atoms with van der Waals surface area (Å²) in [5, 5.41) is 11.5. The molecule has 0 heterocycles. The molecule has 4 rings (SSSR count). The number of amides is 1. The van der Waals surface area contributed by atoms with Gasteiger partial charge >= 0.3 is 12.1 Å². The van der Waals surface area contributed by atoms with Gasteiger partial charge in [0.15, 0.2) is 6.61 Å². The SMILES string of the molecule is O=C(O)COc1ccc(CCCNC(=O)OCC2c3ccccc3-c3ccccc32)cc1.